The molecule has 6 heteroatoms. The van der Waals surface area contributed by atoms with E-state index in [1.54, 1.807) is 39.1 Å². The van der Waals surface area contributed by atoms with Crippen molar-refractivity contribution >= 4 is 5.91 Å². The van der Waals surface area contributed by atoms with E-state index in [1.165, 1.54) is 29.2 Å². The Morgan fingerprint density at radius 2 is 1.92 bits per heavy atom. The molecule has 3 rings (SSSR count). The molecule has 0 saturated heterocycles. The van der Waals surface area contributed by atoms with Gasteiger partial charge in [-0.1, -0.05) is 0 Å². The summed E-state index contributed by atoms with van der Waals surface area (Å²) in [5, 5.41) is 20.0. The minimum atomic E-state index is -1.02. The van der Waals surface area contributed by atoms with Crippen molar-refractivity contribution in [2.24, 2.45) is 0 Å². The topological polar surface area (TPSA) is 73.6 Å². The molecule has 5 nitrogen and oxygen atoms in total. The number of nitrogens with zero attached hydrogens (tertiary/aromatic N) is 2. The summed E-state index contributed by atoms with van der Waals surface area (Å²) >= 11 is 0. The second-order valence-corrected chi connectivity index (χ2v) is 6.88. The minimum absolute atomic E-state index is 0.309. The highest BCUT2D eigenvalue weighted by molar-refractivity contribution is 5.94. The molecule has 0 spiro atoms. The summed E-state index contributed by atoms with van der Waals surface area (Å²) in [7, 11) is 1.57. The van der Waals surface area contributed by atoms with Crippen molar-refractivity contribution < 1.29 is 19.0 Å². The van der Waals surface area contributed by atoms with Crippen LogP contribution in [0.4, 0.5) is 4.39 Å². The third-order valence-electron chi connectivity index (χ3n) is 4.67. The van der Waals surface area contributed by atoms with E-state index < -0.39 is 23.6 Å². The van der Waals surface area contributed by atoms with Gasteiger partial charge in [0.2, 0.25) is 0 Å². The zero-order chi connectivity index (χ0) is 19.1. The Morgan fingerprint density at radius 1 is 1.27 bits per heavy atom. The number of fused-ring (bicyclic) bond motifs is 1. The standard InChI is InChI=1S/C20H19FN2O3/c1-20(2)18(24)17(15-10-12(11-22)4-9-16(15)26-20)23(3)19(25)13-5-7-14(21)8-6-13/h4-10,17-18,24H,1-3H3/t17?,18-/m0/s1. The van der Waals surface area contributed by atoms with Crippen LogP contribution in [0.5, 0.6) is 5.75 Å². The number of carbonyl (C=O) groups excluding carboxylic acids is 1. The summed E-state index contributed by atoms with van der Waals surface area (Å²) in [5.74, 6) is -0.274. The summed E-state index contributed by atoms with van der Waals surface area (Å²) in [4.78, 5) is 14.3. The number of likely N-dealkylation sites (N-methyl/N-ethyl adjacent to an activating group) is 1. The number of halogens is 1. The Kier molecular flexibility index (Phi) is 4.43. The van der Waals surface area contributed by atoms with Crippen molar-refractivity contribution in [1.82, 2.24) is 4.90 Å². The van der Waals surface area contributed by atoms with Gasteiger partial charge >= 0.3 is 0 Å². The van der Waals surface area contributed by atoms with Crippen LogP contribution in [0, 0.1) is 17.1 Å². The maximum absolute atomic E-state index is 13.1. The van der Waals surface area contributed by atoms with Crippen molar-refractivity contribution in [3.63, 3.8) is 0 Å². The largest absolute Gasteiger partial charge is 0.485 e. The Morgan fingerprint density at radius 3 is 2.54 bits per heavy atom. The van der Waals surface area contributed by atoms with E-state index in [1.807, 2.05) is 0 Å². The molecule has 1 aliphatic heterocycles. The zero-order valence-corrected chi connectivity index (χ0v) is 14.7. The molecule has 2 aromatic carbocycles. The number of ether oxygens (including phenoxy) is 1. The second-order valence-electron chi connectivity index (χ2n) is 6.88. The van der Waals surface area contributed by atoms with E-state index in [9.17, 15) is 19.6 Å². The van der Waals surface area contributed by atoms with E-state index >= 15 is 0 Å². The summed E-state index contributed by atoms with van der Waals surface area (Å²) < 4.78 is 19.0. The van der Waals surface area contributed by atoms with E-state index in [0.717, 1.165) is 0 Å². The highest BCUT2D eigenvalue weighted by Crippen LogP contribution is 2.43. The summed E-state index contributed by atoms with van der Waals surface area (Å²) in [5.41, 5.74) is 0.354. The number of nitriles is 1. The maximum atomic E-state index is 13.1. The molecule has 0 aromatic heterocycles. The Hall–Kier alpha value is -2.91. The lowest BCUT2D eigenvalue weighted by Crippen LogP contribution is -2.53. The molecule has 0 saturated carbocycles. The summed E-state index contributed by atoms with van der Waals surface area (Å²) in [6, 6.07) is 11.5. The molecular weight excluding hydrogens is 335 g/mol. The van der Waals surface area contributed by atoms with Crippen LogP contribution in [0.15, 0.2) is 42.5 Å². The molecule has 1 heterocycles. The van der Waals surface area contributed by atoms with Crippen molar-refractivity contribution in [1.29, 1.82) is 5.26 Å². The van der Waals surface area contributed by atoms with Crippen LogP contribution in [0.25, 0.3) is 0 Å². The normalized spacial score (nSPS) is 20.5. The number of benzene rings is 2. The molecule has 0 fully saturated rings. The molecule has 1 amide bonds. The molecule has 0 bridgehead atoms. The Labute approximate surface area is 151 Å². The number of aliphatic hydroxyl groups is 1. The van der Waals surface area contributed by atoms with Gasteiger partial charge in [0.05, 0.1) is 17.7 Å². The molecule has 134 valence electrons. The maximum Gasteiger partial charge on any atom is 0.254 e. The van der Waals surface area contributed by atoms with Gasteiger partial charge in [-0.15, -0.1) is 0 Å². The monoisotopic (exact) mass is 354 g/mol. The summed E-state index contributed by atoms with van der Waals surface area (Å²) in [6.45, 7) is 3.48. The highest BCUT2D eigenvalue weighted by atomic mass is 19.1. The molecule has 0 radical (unpaired) electrons. The fraction of sp³-hybridized carbons (Fsp3) is 0.300. The molecule has 1 aliphatic rings. The van der Waals surface area contributed by atoms with Crippen LogP contribution < -0.4 is 4.74 Å². The first-order valence-corrected chi connectivity index (χ1v) is 8.18. The molecule has 1 unspecified atom stereocenters. The van der Waals surface area contributed by atoms with Crippen molar-refractivity contribution in [3.05, 3.63) is 65.0 Å². The Bertz CT molecular complexity index is 887. The van der Waals surface area contributed by atoms with Crippen molar-refractivity contribution in [2.75, 3.05) is 7.05 Å². The first-order chi connectivity index (χ1) is 12.2. The van der Waals surface area contributed by atoms with E-state index in [-0.39, 0.29) is 5.91 Å². The lowest BCUT2D eigenvalue weighted by atomic mass is 9.85. The SMILES string of the molecule is CN(C(=O)c1ccc(F)cc1)C1c2cc(C#N)ccc2OC(C)(C)[C@H]1O. The number of rotatable bonds is 2. The second kappa shape index (κ2) is 6.43. The third-order valence-corrected chi connectivity index (χ3v) is 4.67. The van der Waals surface area contributed by atoms with Gasteiger partial charge in [-0.2, -0.15) is 5.26 Å². The van der Waals surface area contributed by atoms with Crippen LogP contribution in [-0.2, 0) is 0 Å². The van der Waals surface area contributed by atoms with E-state index in [0.29, 0.717) is 22.4 Å². The smallest absolute Gasteiger partial charge is 0.254 e. The highest BCUT2D eigenvalue weighted by Gasteiger charge is 2.46. The molecule has 2 atom stereocenters. The van der Waals surface area contributed by atoms with Gasteiger partial charge in [0, 0.05) is 18.2 Å². The average Bonchev–Trinajstić information content (AvgIpc) is 2.62. The predicted octanol–water partition coefficient (Wildman–Crippen LogP) is 3.04. The zero-order valence-electron chi connectivity index (χ0n) is 14.7. The van der Waals surface area contributed by atoms with Crippen LogP contribution in [0.2, 0.25) is 0 Å². The first kappa shape index (κ1) is 17.9. The lowest BCUT2D eigenvalue weighted by Gasteiger charge is -2.45. The van der Waals surface area contributed by atoms with E-state index in [4.69, 9.17) is 4.74 Å². The fourth-order valence-corrected chi connectivity index (χ4v) is 3.18. The number of aliphatic hydroxyl groups excluding tert-OH is 1. The van der Waals surface area contributed by atoms with Gasteiger partial charge in [0.1, 0.15) is 23.3 Å². The summed E-state index contributed by atoms with van der Waals surface area (Å²) in [6.07, 6.45) is -1.02. The van der Waals surface area contributed by atoms with Crippen LogP contribution in [0.3, 0.4) is 0 Å². The van der Waals surface area contributed by atoms with Gasteiger partial charge in [-0.3, -0.25) is 4.79 Å². The number of carbonyl (C=O) groups is 1. The van der Waals surface area contributed by atoms with Gasteiger partial charge in [0.15, 0.2) is 0 Å². The Balaban J connectivity index is 2.05. The van der Waals surface area contributed by atoms with Gasteiger partial charge < -0.3 is 14.7 Å². The van der Waals surface area contributed by atoms with Crippen LogP contribution in [-0.4, -0.2) is 34.7 Å². The fourth-order valence-electron chi connectivity index (χ4n) is 3.18. The van der Waals surface area contributed by atoms with Gasteiger partial charge in [-0.25, -0.2) is 4.39 Å². The molecule has 26 heavy (non-hydrogen) atoms. The van der Waals surface area contributed by atoms with Crippen molar-refractivity contribution in [3.8, 4) is 11.8 Å². The van der Waals surface area contributed by atoms with Crippen molar-refractivity contribution in [2.45, 2.75) is 31.6 Å². The number of hydrogen-bond acceptors (Lipinski definition) is 4. The van der Waals surface area contributed by atoms with Crippen LogP contribution in [0.1, 0.15) is 41.4 Å². The third kappa shape index (κ3) is 3.02. The number of hydrogen-bond donors (Lipinski definition) is 1. The molecule has 1 N–H and O–H groups in total. The quantitative estimate of drug-likeness (QED) is 0.900. The molecule has 2 aromatic rings. The predicted molar refractivity (Wildman–Crippen MR) is 93.1 cm³/mol. The van der Waals surface area contributed by atoms with E-state index in [2.05, 4.69) is 6.07 Å². The van der Waals surface area contributed by atoms with Crippen LogP contribution >= 0.6 is 0 Å². The van der Waals surface area contributed by atoms with Gasteiger partial charge in [-0.05, 0) is 56.3 Å². The van der Waals surface area contributed by atoms with Gasteiger partial charge in [0.25, 0.3) is 5.91 Å². The lowest BCUT2D eigenvalue weighted by molar-refractivity contribution is -0.0830. The molecule has 0 aliphatic carbocycles. The molecular formula is C20H19FN2O3. The number of amides is 1. The first-order valence-electron chi connectivity index (χ1n) is 8.18. The average molecular weight is 354 g/mol. The minimum Gasteiger partial charge on any atom is -0.485 e.